The molecule has 0 bridgehead atoms. The van der Waals surface area contributed by atoms with Crippen molar-refractivity contribution in [2.75, 3.05) is 20.1 Å². The maximum Gasteiger partial charge on any atom is 0.191 e. The molecule has 2 N–H and O–H groups in total. The zero-order chi connectivity index (χ0) is 13.1. The monoisotopic (exact) mass is 252 g/mol. The summed E-state index contributed by atoms with van der Waals surface area (Å²) in [7, 11) is 2.22. The molecule has 0 amide bonds. The lowest BCUT2D eigenvalue weighted by atomic mass is 10.3. The van der Waals surface area contributed by atoms with Crippen LogP contribution in [0, 0.1) is 5.92 Å². The Bertz CT molecular complexity index is 298. The highest BCUT2D eigenvalue weighted by Gasteiger charge is 2.33. The van der Waals surface area contributed by atoms with E-state index in [4.69, 9.17) is 4.99 Å². The van der Waals surface area contributed by atoms with E-state index in [1.165, 1.54) is 19.3 Å². The highest BCUT2D eigenvalue weighted by Crippen LogP contribution is 2.29. The van der Waals surface area contributed by atoms with E-state index in [1.807, 2.05) is 0 Å². The van der Waals surface area contributed by atoms with E-state index in [2.05, 4.69) is 43.4 Å². The number of hydrogen-bond acceptors (Lipinski definition) is 2. The van der Waals surface area contributed by atoms with Crippen LogP contribution in [0.4, 0.5) is 0 Å². The topological polar surface area (TPSA) is 39.7 Å². The first-order chi connectivity index (χ1) is 8.61. The molecule has 2 aliphatic carbocycles. The van der Waals surface area contributed by atoms with E-state index in [0.717, 1.165) is 31.0 Å². The number of nitrogens with one attached hydrogen (secondary N) is 2. The second kappa shape index (κ2) is 5.91. The van der Waals surface area contributed by atoms with Crippen LogP contribution < -0.4 is 10.6 Å². The average molecular weight is 252 g/mol. The predicted octanol–water partition coefficient (Wildman–Crippen LogP) is 1.43. The molecule has 2 aliphatic rings. The zero-order valence-corrected chi connectivity index (χ0v) is 12.2. The van der Waals surface area contributed by atoms with Crippen LogP contribution in [-0.2, 0) is 0 Å². The Hall–Kier alpha value is -0.770. The van der Waals surface area contributed by atoms with E-state index < -0.39 is 0 Å². The van der Waals surface area contributed by atoms with Crippen molar-refractivity contribution in [3.63, 3.8) is 0 Å². The minimum atomic E-state index is 0.532. The van der Waals surface area contributed by atoms with Crippen molar-refractivity contribution < 1.29 is 0 Å². The first-order valence-electron chi connectivity index (χ1n) is 7.38. The molecule has 4 nitrogen and oxygen atoms in total. The highest BCUT2D eigenvalue weighted by molar-refractivity contribution is 5.80. The smallest absolute Gasteiger partial charge is 0.191 e. The third-order valence-corrected chi connectivity index (χ3v) is 4.11. The summed E-state index contributed by atoms with van der Waals surface area (Å²) in [5, 5.41) is 6.84. The minimum absolute atomic E-state index is 0.532. The summed E-state index contributed by atoms with van der Waals surface area (Å²) in [4.78, 5) is 7.18. The average Bonchev–Trinajstić information content (AvgIpc) is 3.23. The Morgan fingerprint density at radius 2 is 2.11 bits per heavy atom. The van der Waals surface area contributed by atoms with E-state index in [0.29, 0.717) is 12.1 Å². The van der Waals surface area contributed by atoms with E-state index in [1.54, 1.807) is 0 Å². The molecule has 0 radical (unpaired) electrons. The second-order valence-corrected chi connectivity index (χ2v) is 5.93. The van der Waals surface area contributed by atoms with Crippen LogP contribution >= 0.6 is 0 Å². The van der Waals surface area contributed by atoms with Gasteiger partial charge >= 0.3 is 0 Å². The molecule has 2 fully saturated rings. The third-order valence-electron chi connectivity index (χ3n) is 4.11. The van der Waals surface area contributed by atoms with Gasteiger partial charge < -0.3 is 10.6 Å². The van der Waals surface area contributed by atoms with Crippen molar-refractivity contribution in [1.82, 2.24) is 15.5 Å². The molecule has 0 saturated heterocycles. The van der Waals surface area contributed by atoms with Crippen molar-refractivity contribution >= 4 is 5.96 Å². The van der Waals surface area contributed by atoms with Gasteiger partial charge in [0.25, 0.3) is 0 Å². The summed E-state index contributed by atoms with van der Waals surface area (Å²) < 4.78 is 0. The third kappa shape index (κ3) is 3.87. The first kappa shape index (κ1) is 13.7. The van der Waals surface area contributed by atoms with Gasteiger partial charge in [-0.1, -0.05) is 6.92 Å². The fourth-order valence-electron chi connectivity index (χ4n) is 2.21. The fourth-order valence-corrected chi connectivity index (χ4v) is 2.21. The molecule has 0 aromatic rings. The van der Waals surface area contributed by atoms with Gasteiger partial charge in [-0.3, -0.25) is 9.89 Å². The van der Waals surface area contributed by atoms with E-state index in [-0.39, 0.29) is 0 Å². The van der Waals surface area contributed by atoms with Crippen LogP contribution in [0.25, 0.3) is 0 Å². The van der Waals surface area contributed by atoms with Crippen LogP contribution in [0.1, 0.15) is 40.0 Å². The molecule has 3 atom stereocenters. The summed E-state index contributed by atoms with van der Waals surface area (Å²) in [5.41, 5.74) is 0. The van der Waals surface area contributed by atoms with Gasteiger partial charge in [0.1, 0.15) is 0 Å². The molecule has 0 spiro atoms. The molecule has 0 aromatic heterocycles. The Balaban J connectivity index is 1.78. The fraction of sp³-hybridized carbons (Fsp3) is 0.929. The summed E-state index contributed by atoms with van der Waals surface area (Å²) in [6.45, 7) is 8.48. The maximum absolute atomic E-state index is 4.71. The number of aliphatic imine (C=N–C) groups is 1. The molecular weight excluding hydrogens is 224 g/mol. The Kier molecular flexibility index (Phi) is 4.49. The van der Waals surface area contributed by atoms with Crippen molar-refractivity contribution in [1.29, 1.82) is 0 Å². The molecule has 0 aliphatic heterocycles. The predicted molar refractivity (Wildman–Crippen MR) is 76.9 cm³/mol. The molecule has 0 aromatic carbocycles. The van der Waals surface area contributed by atoms with Gasteiger partial charge in [-0.2, -0.15) is 0 Å². The normalized spacial score (nSPS) is 29.3. The van der Waals surface area contributed by atoms with Gasteiger partial charge in [0.15, 0.2) is 5.96 Å². The van der Waals surface area contributed by atoms with Crippen LogP contribution in [0.3, 0.4) is 0 Å². The quantitative estimate of drug-likeness (QED) is 0.555. The van der Waals surface area contributed by atoms with Crippen LogP contribution in [0.15, 0.2) is 4.99 Å². The zero-order valence-electron chi connectivity index (χ0n) is 12.2. The van der Waals surface area contributed by atoms with E-state index >= 15 is 0 Å². The molecule has 3 unspecified atom stereocenters. The molecular formula is C14H28N4. The summed E-state index contributed by atoms with van der Waals surface area (Å²) in [5.74, 6) is 1.79. The molecule has 104 valence electrons. The van der Waals surface area contributed by atoms with Gasteiger partial charge in [-0.25, -0.2) is 0 Å². The number of nitrogens with zero attached hydrogens (tertiary/aromatic N) is 2. The number of guanidine groups is 1. The summed E-state index contributed by atoms with van der Waals surface area (Å²) >= 11 is 0. The molecule has 2 saturated carbocycles. The van der Waals surface area contributed by atoms with Gasteiger partial charge in [0.2, 0.25) is 0 Å². The Labute approximate surface area is 111 Å². The number of hydrogen-bond donors (Lipinski definition) is 2. The lowest BCUT2D eigenvalue weighted by Gasteiger charge is -2.23. The molecule has 18 heavy (non-hydrogen) atoms. The van der Waals surface area contributed by atoms with E-state index in [9.17, 15) is 0 Å². The van der Waals surface area contributed by atoms with Crippen molar-refractivity contribution in [3.05, 3.63) is 0 Å². The Morgan fingerprint density at radius 3 is 2.61 bits per heavy atom. The van der Waals surface area contributed by atoms with Crippen LogP contribution in [0.2, 0.25) is 0 Å². The second-order valence-electron chi connectivity index (χ2n) is 5.93. The lowest BCUT2D eigenvalue weighted by Crippen LogP contribution is -2.41. The summed E-state index contributed by atoms with van der Waals surface area (Å²) in [6.07, 6.45) is 4.01. The molecule has 4 heteroatoms. The van der Waals surface area contributed by atoms with Crippen LogP contribution in [-0.4, -0.2) is 49.1 Å². The van der Waals surface area contributed by atoms with Gasteiger partial charge in [0, 0.05) is 24.7 Å². The highest BCUT2D eigenvalue weighted by atomic mass is 15.2. The lowest BCUT2D eigenvalue weighted by molar-refractivity contribution is 0.253. The SMILES string of the molecule is CCNC(=NCC(C)N(C)C1CC1)NC1CC1C. The van der Waals surface area contributed by atoms with Crippen molar-refractivity contribution in [2.24, 2.45) is 10.9 Å². The largest absolute Gasteiger partial charge is 0.357 e. The van der Waals surface area contributed by atoms with Gasteiger partial charge in [-0.05, 0) is 46.1 Å². The van der Waals surface area contributed by atoms with Gasteiger partial charge in [0.05, 0.1) is 6.54 Å². The standard InChI is InChI=1S/C14H28N4/c1-5-15-14(17-13-8-10(13)2)16-9-11(3)18(4)12-6-7-12/h10-13H,5-9H2,1-4H3,(H2,15,16,17). The van der Waals surface area contributed by atoms with Crippen LogP contribution in [0.5, 0.6) is 0 Å². The molecule has 2 rings (SSSR count). The molecule has 0 heterocycles. The van der Waals surface area contributed by atoms with Crippen molar-refractivity contribution in [3.8, 4) is 0 Å². The minimum Gasteiger partial charge on any atom is -0.357 e. The maximum atomic E-state index is 4.71. The number of likely N-dealkylation sites (N-methyl/N-ethyl adjacent to an activating group) is 1. The van der Waals surface area contributed by atoms with Crippen molar-refractivity contribution in [2.45, 2.75) is 58.2 Å². The van der Waals surface area contributed by atoms with Gasteiger partial charge in [-0.15, -0.1) is 0 Å². The first-order valence-corrected chi connectivity index (χ1v) is 7.38. The number of rotatable bonds is 6. The Morgan fingerprint density at radius 1 is 1.44 bits per heavy atom. The summed E-state index contributed by atoms with van der Waals surface area (Å²) in [6, 6.07) is 1.98.